The van der Waals surface area contributed by atoms with Gasteiger partial charge in [0.15, 0.2) is 0 Å². The second kappa shape index (κ2) is 4.77. The molecular formula is C18H15N3O. The van der Waals surface area contributed by atoms with E-state index in [4.69, 9.17) is 0 Å². The van der Waals surface area contributed by atoms with Crippen LogP contribution in [0.2, 0.25) is 0 Å². The van der Waals surface area contributed by atoms with Crippen molar-refractivity contribution in [3.05, 3.63) is 70.7 Å². The molecule has 3 aromatic rings. The van der Waals surface area contributed by atoms with E-state index in [1.54, 1.807) is 6.08 Å². The van der Waals surface area contributed by atoms with Gasteiger partial charge < -0.3 is 4.57 Å². The fourth-order valence-corrected chi connectivity index (χ4v) is 3.01. The second-order valence-corrected chi connectivity index (χ2v) is 5.34. The van der Waals surface area contributed by atoms with Crippen molar-refractivity contribution >= 4 is 28.6 Å². The van der Waals surface area contributed by atoms with Gasteiger partial charge in [-0.2, -0.15) is 0 Å². The van der Waals surface area contributed by atoms with Crippen molar-refractivity contribution in [3.8, 4) is 0 Å². The number of aryl methyl sites for hydroxylation is 1. The summed E-state index contributed by atoms with van der Waals surface area (Å²) in [7, 11) is 1.98. The molecule has 0 atom stereocenters. The van der Waals surface area contributed by atoms with E-state index in [1.165, 1.54) is 0 Å². The van der Waals surface area contributed by atoms with Crippen molar-refractivity contribution in [2.75, 3.05) is 0 Å². The molecule has 0 radical (unpaired) electrons. The van der Waals surface area contributed by atoms with Crippen molar-refractivity contribution < 1.29 is 4.79 Å². The molecule has 0 saturated carbocycles. The average Bonchev–Trinajstić information content (AvgIpc) is 2.71. The average molecular weight is 289 g/mol. The number of nitrogens with zero attached hydrogens (tertiary/aromatic N) is 1. The van der Waals surface area contributed by atoms with Crippen molar-refractivity contribution in [2.45, 2.75) is 0 Å². The van der Waals surface area contributed by atoms with Crippen molar-refractivity contribution in [1.82, 2.24) is 15.4 Å². The number of para-hydroxylation sites is 1. The first-order chi connectivity index (χ1) is 10.8. The predicted octanol–water partition coefficient (Wildman–Crippen LogP) is 0.750. The zero-order valence-corrected chi connectivity index (χ0v) is 12.1. The fourth-order valence-electron chi connectivity index (χ4n) is 3.01. The van der Waals surface area contributed by atoms with Gasteiger partial charge in [-0.3, -0.25) is 15.6 Å². The maximum absolute atomic E-state index is 12.0. The van der Waals surface area contributed by atoms with Gasteiger partial charge >= 0.3 is 0 Å². The summed E-state index contributed by atoms with van der Waals surface area (Å²) in [5.41, 5.74) is 8.86. The molecule has 2 heterocycles. The molecule has 0 aliphatic carbocycles. The number of carbonyl (C=O) groups is 1. The third kappa shape index (κ3) is 1.81. The minimum atomic E-state index is -0.155. The number of fused-ring (bicyclic) bond motifs is 3. The van der Waals surface area contributed by atoms with E-state index < -0.39 is 0 Å². The van der Waals surface area contributed by atoms with Gasteiger partial charge in [0, 0.05) is 34.8 Å². The maximum atomic E-state index is 12.0. The Hall–Kier alpha value is -3.01. The number of nitrogens with one attached hydrogen (secondary N) is 2. The van der Waals surface area contributed by atoms with Crippen LogP contribution >= 0.6 is 0 Å². The van der Waals surface area contributed by atoms with Gasteiger partial charge in [-0.1, -0.05) is 48.5 Å². The normalized spacial score (nSPS) is 13.9. The van der Waals surface area contributed by atoms with E-state index in [-0.39, 0.29) is 5.91 Å². The maximum Gasteiger partial charge on any atom is 0.264 e. The van der Waals surface area contributed by atoms with Crippen LogP contribution in [0, 0.1) is 0 Å². The molecule has 4 heteroatoms. The highest BCUT2D eigenvalue weighted by atomic mass is 16.2. The van der Waals surface area contributed by atoms with Crippen LogP contribution < -0.4 is 21.4 Å². The molecule has 2 aromatic carbocycles. The van der Waals surface area contributed by atoms with Crippen LogP contribution in [0.5, 0.6) is 0 Å². The van der Waals surface area contributed by atoms with Gasteiger partial charge in [-0.25, -0.2) is 0 Å². The number of hydrogen-bond acceptors (Lipinski definition) is 2. The minimum Gasteiger partial charge on any atom is -0.343 e. The van der Waals surface area contributed by atoms with E-state index in [0.29, 0.717) is 0 Å². The van der Waals surface area contributed by atoms with E-state index >= 15 is 0 Å². The van der Waals surface area contributed by atoms with Crippen LogP contribution in [0.15, 0.2) is 54.6 Å². The van der Waals surface area contributed by atoms with Gasteiger partial charge in [0.25, 0.3) is 5.91 Å². The predicted molar refractivity (Wildman–Crippen MR) is 86.9 cm³/mol. The third-order valence-electron chi connectivity index (χ3n) is 4.04. The van der Waals surface area contributed by atoms with E-state index in [2.05, 4.69) is 27.6 Å². The summed E-state index contributed by atoms with van der Waals surface area (Å²) in [4.78, 5) is 12.0. The summed E-state index contributed by atoms with van der Waals surface area (Å²) in [6, 6.07) is 18.2. The molecule has 4 rings (SSSR count). The molecule has 4 nitrogen and oxygen atoms in total. The van der Waals surface area contributed by atoms with Crippen LogP contribution in [0.4, 0.5) is 0 Å². The Balaban J connectivity index is 2.26. The first-order valence-corrected chi connectivity index (χ1v) is 7.16. The first-order valence-electron chi connectivity index (χ1n) is 7.16. The summed E-state index contributed by atoms with van der Waals surface area (Å²) in [5, 5.41) is 3.07. The molecule has 1 amide bonds. The van der Waals surface area contributed by atoms with Gasteiger partial charge in [-0.05, 0) is 6.07 Å². The molecule has 1 aliphatic heterocycles. The molecule has 0 bridgehead atoms. The van der Waals surface area contributed by atoms with Crippen LogP contribution in [0.1, 0.15) is 5.56 Å². The number of benzene rings is 2. The minimum absolute atomic E-state index is 0.155. The van der Waals surface area contributed by atoms with Crippen LogP contribution in [0.25, 0.3) is 22.7 Å². The highest BCUT2D eigenvalue weighted by molar-refractivity contribution is 6.05. The van der Waals surface area contributed by atoms with E-state index in [9.17, 15) is 4.79 Å². The quantitative estimate of drug-likeness (QED) is 0.694. The highest BCUT2D eigenvalue weighted by Gasteiger charge is 2.14. The second-order valence-electron chi connectivity index (χ2n) is 5.34. The molecule has 2 N–H and O–H groups in total. The first kappa shape index (κ1) is 12.7. The van der Waals surface area contributed by atoms with Gasteiger partial charge in [0.2, 0.25) is 0 Å². The molecule has 0 unspecified atom stereocenters. The number of rotatable bonds is 1. The summed E-state index contributed by atoms with van der Waals surface area (Å²) < 4.78 is 2.06. The van der Waals surface area contributed by atoms with Crippen molar-refractivity contribution in [3.63, 3.8) is 0 Å². The molecule has 1 aromatic heterocycles. The SMILES string of the molecule is Cn1c2c(c3ccccc31)=C(c1ccccc1)NNC(=O)C=2. The van der Waals surface area contributed by atoms with Gasteiger partial charge in [-0.15, -0.1) is 0 Å². The molecule has 1 aliphatic rings. The lowest BCUT2D eigenvalue weighted by Crippen LogP contribution is -2.36. The Kier molecular flexibility index (Phi) is 2.76. The topological polar surface area (TPSA) is 46.1 Å². The summed E-state index contributed by atoms with van der Waals surface area (Å²) >= 11 is 0. The zero-order chi connectivity index (χ0) is 15.1. The Morgan fingerprint density at radius 2 is 1.64 bits per heavy atom. The smallest absolute Gasteiger partial charge is 0.264 e. The van der Waals surface area contributed by atoms with Crippen molar-refractivity contribution in [1.29, 1.82) is 0 Å². The standard InChI is InChI=1S/C18H15N3O/c1-21-14-10-6-5-9-13(14)17-15(21)11-16(22)19-20-18(17)12-7-3-2-4-8-12/h2-11,20H,1H3,(H,19,22). The molecule has 22 heavy (non-hydrogen) atoms. The lowest BCUT2D eigenvalue weighted by molar-refractivity contribution is -0.115. The lowest BCUT2D eigenvalue weighted by Gasteiger charge is -2.10. The fraction of sp³-hybridized carbons (Fsp3) is 0.0556. The summed E-state index contributed by atoms with van der Waals surface area (Å²) in [5.74, 6) is -0.155. The summed E-state index contributed by atoms with van der Waals surface area (Å²) in [6.45, 7) is 0. The number of amides is 1. The Labute approximate surface area is 127 Å². The van der Waals surface area contributed by atoms with Crippen molar-refractivity contribution in [2.24, 2.45) is 7.05 Å². The van der Waals surface area contributed by atoms with Gasteiger partial charge in [0.05, 0.1) is 11.0 Å². The van der Waals surface area contributed by atoms with Crippen LogP contribution in [-0.4, -0.2) is 10.5 Å². The third-order valence-corrected chi connectivity index (χ3v) is 4.04. The molecule has 0 fully saturated rings. The molecule has 108 valence electrons. The Morgan fingerprint density at radius 3 is 2.45 bits per heavy atom. The molecule has 0 saturated heterocycles. The van der Waals surface area contributed by atoms with E-state index in [0.717, 1.165) is 32.7 Å². The zero-order valence-electron chi connectivity index (χ0n) is 12.1. The molecule has 0 spiro atoms. The lowest BCUT2D eigenvalue weighted by atomic mass is 10.1. The Bertz CT molecular complexity index is 1000. The van der Waals surface area contributed by atoms with Crippen LogP contribution in [0.3, 0.4) is 0 Å². The number of aromatic nitrogens is 1. The number of carbonyl (C=O) groups excluding carboxylic acids is 1. The van der Waals surface area contributed by atoms with Gasteiger partial charge in [0.1, 0.15) is 0 Å². The highest BCUT2D eigenvalue weighted by Crippen LogP contribution is 2.12. The van der Waals surface area contributed by atoms with E-state index in [1.807, 2.05) is 49.5 Å². The number of hydrazine groups is 1. The van der Waals surface area contributed by atoms with Crippen LogP contribution in [-0.2, 0) is 11.8 Å². The largest absolute Gasteiger partial charge is 0.343 e. The monoisotopic (exact) mass is 289 g/mol. The Morgan fingerprint density at radius 1 is 0.909 bits per heavy atom. The number of hydrogen-bond donors (Lipinski definition) is 2. The molecular weight excluding hydrogens is 274 g/mol. The summed E-state index contributed by atoms with van der Waals surface area (Å²) in [6.07, 6.45) is 1.64.